The van der Waals surface area contributed by atoms with E-state index in [-0.39, 0.29) is 6.04 Å². The minimum absolute atomic E-state index is 0.125. The molecule has 1 aliphatic carbocycles. The maximum Gasteiger partial charge on any atom is 0.329 e. The van der Waals surface area contributed by atoms with Crippen molar-refractivity contribution in [2.45, 2.75) is 18.9 Å². The van der Waals surface area contributed by atoms with Crippen LogP contribution in [0.3, 0.4) is 0 Å². The summed E-state index contributed by atoms with van der Waals surface area (Å²) in [4.78, 5) is 22.7. The van der Waals surface area contributed by atoms with Crippen LogP contribution < -0.4 is 10.7 Å². The van der Waals surface area contributed by atoms with E-state index in [1.165, 1.54) is 6.21 Å². The highest BCUT2D eigenvalue weighted by atomic mass is 35.5. The van der Waals surface area contributed by atoms with Crippen molar-refractivity contribution in [1.29, 1.82) is 0 Å². The van der Waals surface area contributed by atoms with Gasteiger partial charge in [-0.2, -0.15) is 5.10 Å². The van der Waals surface area contributed by atoms with Crippen molar-refractivity contribution < 1.29 is 9.59 Å². The van der Waals surface area contributed by atoms with Gasteiger partial charge in [0.1, 0.15) is 0 Å². The Kier molecular flexibility index (Phi) is 4.39. The molecule has 5 nitrogen and oxygen atoms in total. The fourth-order valence-electron chi connectivity index (χ4n) is 1.32. The fraction of sp³-hybridized carbons (Fsp3) is 0.250. The number of amides is 2. The van der Waals surface area contributed by atoms with Gasteiger partial charge in [-0.1, -0.05) is 29.3 Å². The molecular weight excluding hydrogens is 289 g/mol. The lowest BCUT2D eigenvalue weighted by atomic mass is 10.2. The van der Waals surface area contributed by atoms with Crippen molar-refractivity contribution in [2.24, 2.45) is 5.10 Å². The van der Waals surface area contributed by atoms with Gasteiger partial charge in [0.15, 0.2) is 0 Å². The zero-order chi connectivity index (χ0) is 13.8. The van der Waals surface area contributed by atoms with Crippen LogP contribution in [0.4, 0.5) is 0 Å². The van der Waals surface area contributed by atoms with E-state index in [0.29, 0.717) is 15.6 Å². The van der Waals surface area contributed by atoms with Crippen molar-refractivity contribution in [1.82, 2.24) is 10.7 Å². The number of carbonyl (C=O) groups excluding carboxylic acids is 2. The summed E-state index contributed by atoms with van der Waals surface area (Å²) in [6.45, 7) is 0. The van der Waals surface area contributed by atoms with Crippen LogP contribution >= 0.6 is 23.2 Å². The number of hydrogen-bond acceptors (Lipinski definition) is 3. The molecule has 0 heterocycles. The second-order valence-corrected chi connectivity index (χ2v) is 4.90. The second kappa shape index (κ2) is 6.04. The van der Waals surface area contributed by atoms with Gasteiger partial charge in [0, 0.05) is 11.6 Å². The highest BCUT2D eigenvalue weighted by molar-refractivity contribution is 6.38. The lowest BCUT2D eigenvalue weighted by Crippen LogP contribution is -2.38. The number of rotatable bonds is 3. The monoisotopic (exact) mass is 299 g/mol. The Morgan fingerprint density at radius 1 is 1.21 bits per heavy atom. The number of benzene rings is 1. The first kappa shape index (κ1) is 13.8. The van der Waals surface area contributed by atoms with Gasteiger partial charge < -0.3 is 5.32 Å². The second-order valence-electron chi connectivity index (χ2n) is 4.08. The average molecular weight is 300 g/mol. The molecule has 1 aliphatic rings. The molecule has 0 radical (unpaired) electrons. The van der Waals surface area contributed by atoms with Gasteiger partial charge in [-0.3, -0.25) is 9.59 Å². The highest BCUT2D eigenvalue weighted by Gasteiger charge is 2.26. The van der Waals surface area contributed by atoms with Crippen LogP contribution in [0.2, 0.25) is 10.0 Å². The molecule has 2 amide bonds. The van der Waals surface area contributed by atoms with Crippen LogP contribution in [0.15, 0.2) is 23.3 Å². The summed E-state index contributed by atoms with van der Waals surface area (Å²) in [5.41, 5.74) is 2.60. The Morgan fingerprint density at radius 2 is 1.84 bits per heavy atom. The summed E-state index contributed by atoms with van der Waals surface area (Å²) in [6, 6.07) is 5.12. The number of nitrogens with one attached hydrogen (secondary N) is 2. The molecule has 1 aromatic carbocycles. The third-order valence-corrected chi connectivity index (χ3v) is 3.14. The molecule has 1 saturated carbocycles. The smallest absolute Gasteiger partial charge is 0.329 e. The zero-order valence-electron chi connectivity index (χ0n) is 9.82. The maximum absolute atomic E-state index is 11.4. The van der Waals surface area contributed by atoms with Crippen LogP contribution in [0.25, 0.3) is 0 Å². The largest absolute Gasteiger partial charge is 0.345 e. The van der Waals surface area contributed by atoms with Crippen molar-refractivity contribution in [2.75, 3.05) is 0 Å². The molecule has 2 N–H and O–H groups in total. The minimum atomic E-state index is -0.814. The maximum atomic E-state index is 11.4. The lowest BCUT2D eigenvalue weighted by molar-refractivity contribution is -0.139. The molecule has 1 fully saturated rings. The van der Waals surface area contributed by atoms with Gasteiger partial charge in [0.05, 0.1) is 16.3 Å². The van der Waals surface area contributed by atoms with Gasteiger partial charge in [0.2, 0.25) is 0 Å². The van der Waals surface area contributed by atoms with Crippen LogP contribution in [-0.4, -0.2) is 24.1 Å². The van der Waals surface area contributed by atoms with Crippen molar-refractivity contribution in [3.8, 4) is 0 Å². The Bertz CT molecular complexity index is 522. The van der Waals surface area contributed by atoms with E-state index in [1.54, 1.807) is 18.2 Å². The van der Waals surface area contributed by atoms with E-state index in [4.69, 9.17) is 23.2 Å². The van der Waals surface area contributed by atoms with Gasteiger partial charge in [-0.15, -0.1) is 0 Å². The Labute approximate surface area is 120 Å². The fourth-order valence-corrected chi connectivity index (χ4v) is 1.81. The number of halogens is 2. The minimum Gasteiger partial charge on any atom is -0.345 e. The first-order valence-corrected chi connectivity index (χ1v) is 6.41. The molecule has 19 heavy (non-hydrogen) atoms. The average Bonchev–Trinajstić information content (AvgIpc) is 3.16. The van der Waals surface area contributed by atoms with Crippen molar-refractivity contribution in [3.63, 3.8) is 0 Å². The quantitative estimate of drug-likeness (QED) is 0.507. The summed E-state index contributed by atoms with van der Waals surface area (Å²) in [5, 5.41) is 7.03. The number of hydrogen-bond donors (Lipinski definition) is 2. The molecule has 0 unspecified atom stereocenters. The highest BCUT2D eigenvalue weighted by Crippen LogP contribution is 2.22. The molecule has 100 valence electrons. The van der Waals surface area contributed by atoms with Crippen LogP contribution in [0, 0.1) is 0 Å². The SMILES string of the molecule is O=C(N/N=C/c1c(Cl)cccc1Cl)C(=O)NC1CC1. The molecule has 1 aromatic rings. The summed E-state index contributed by atoms with van der Waals surface area (Å²) >= 11 is 11.8. The lowest BCUT2D eigenvalue weighted by Gasteiger charge is -2.02. The van der Waals surface area contributed by atoms with Crippen LogP contribution in [0.1, 0.15) is 18.4 Å². The topological polar surface area (TPSA) is 70.6 Å². The zero-order valence-corrected chi connectivity index (χ0v) is 11.3. The first-order valence-electron chi connectivity index (χ1n) is 5.66. The Balaban J connectivity index is 1.92. The first-order chi connectivity index (χ1) is 9.08. The number of carbonyl (C=O) groups is 2. The molecule has 0 bridgehead atoms. The van der Waals surface area contributed by atoms with E-state index < -0.39 is 11.8 Å². The Morgan fingerprint density at radius 3 is 2.42 bits per heavy atom. The van der Waals surface area contributed by atoms with Gasteiger partial charge in [-0.05, 0) is 25.0 Å². The van der Waals surface area contributed by atoms with E-state index in [1.807, 2.05) is 0 Å². The molecule has 0 atom stereocenters. The molecule has 0 saturated heterocycles. The van der Waals surface area contributed by atoms with Crippen LogP contribution in [-0.2, 0) is 9.59 Å². The predicted molar refractivity (Wildman–Crippen MR) is 73.4 cm³/mol. The molecule has 7 heteroatoms. The van der Waals surface area contributed by atoms with E-state index in [2.05, 4.69) is 15.8 Å². The van der Waals surface area contributed by atoms with Crippen LogP contribution in [0.5, 0.6) is 0 Å². The summed E-state index contributed by atoms with van der Waals surface area (Å²) < 4.78 is 0. The van der Waals surface area contributed by atoms with Crippen molar-refractivity contribution in [3.05, 3.63) is 33.8 Å². The molecule has 2 rings (SSSR count). The normalized spacial score (nSPS) is 14.4. The molecule has 0 aromatic heterocycles. The van der Waals surface area contributed by atoms with Gasteiger partial charge >= 0.3 is 11.8 Å². The van der Waals surface area contributed by atoms with Gasteiger partial charge in [0.25, 0.3) is 0 Å². The molecule has 0 aliphatic heterocycles. The summed E-state index contributed by atoms with van der Waals surface area (Å²) in [6.07, 6.45) is 3.13. The molecule has 0 spiro atoms. The Hall–Kier alpha value is -1.59. The third-order valence-electron chi connectivity index (χ3n) is 2.48. The summed E-state index contributed by atoms with van der Waals surface area (Å²) in [7, 11) is 0. The number of nitrogens with zero attached hydrogens (tertiary/aromatic N) is 1. The summed E-state index contributed by atoms with van der Waals surface area (Å²) in [5.74, 6) is -1.50. The van der Waals surface area contributed by atoms with E-state index >= 15 is 0 Å². The number of hydrazone groups is 1. The third kappa shape index (κ3) is 3.94. The molecular formula is C12H11Cl2N3O2. The van der Waals surface area contributed by atoms with E-state index in [0.717, 1.165) is 12.8 Å². The van der Waals surface area contributed by atoms with E-state index in [9.17, 15) is 9.59 Å². The van der Waals surface area contributed by atoms with Gasteiger partial charge in [-0.25, -0.2) is 5.43 Å². The predicted octanol–water partition coefficient (Wildman–Crippen LogP) is 1.72. The van der Waals surface area contributed by atoms with Crippen molar-refractivity contribution >= 4 is 41.2 Å². The standard InChI is InChI=1S/C12H11Cl2N3O2/c13-9-2-1-3-10(14)8(9)6-15-17-12(19)11(18)16-7-4-5-7/h1-3,6-7H,4-5H2,(H,16,18)(H,17,19)/b15-6+.